The first-order valence-corrected chi connectivity index (χ1v) is 7.58. The highest BCUT2D eigenvalue weighted by molar-refractivity contribution is 14.1. The first-order chi connectivity index (χ1) is 9.24. The monoisotopic (exact) mass is 370 g/mol. The van der Waals surface area contributed by atoms with Crippen molar-refractivity contribution in [1.29, 1.82) is 0 Å². The molecule has 100 valence electrons. The van der Waals surface area contributed by atoms with Crippen LogP contribution in [0.4, 0.5) is 0 Å². The van der Waals surface area contributed by atoms with Crippen LogP contribution in [0.25, 0.3) is 10.9 Å². The van der Waals surface area contributed by atoms with Gasteiger partial charge in [0.1, 0.15) is 0 Å². The number of ether oxygens (including phenoxy) is 1. The SMILES string of the molecule is O=c1c2cc(I)ccc2ncn1CCC1CCCO1. The summed E-state index contributed by atoms with van der Waals surface area (Å²) in [5.41, 5.74) is 0.806. The topological polar surface area (TPSA) is 44.1 Å². The van der Waals surface area contributed by atoms with Crippen molar-refractivity contribution >= 4 is 33.5 Å². The zero-order valence-electron chi connectivity index (χ0n) is 10.5. The normalized spacial score (nSPS) is 19.1. The number of hydrogen-bond donors (Lipinski definition) is 0. The molecule has 4 nitrogen and oxygen atoms in total. The molecule has 1 aromatic heterocycles. The summed E-state index contributed by atoms with van der Waals surface area (Å²) in [5.74, 6) is 0. The van der Waals surface area contributed by atoms with Crippen LogP contribution in [0.5, 0.6) is 0 Å². The van der Waals surface area contributed by atoms with Crippen molar-refractivity contribution < 1.29 is 4.74 Å². The number of aryl methyl sites for hydroxylation is 1. The molecular weight excluding hydrogens is 355 g/mol. The molecule has 1 atom stereocenters. The minimum Gasteiger partial charge on any atom is -0.378 e. The molecule has 1 fully saturated rings. The van der Waals surface area contributed by atoms with E-state index in [1.165, 1.54) is 0 Å². The van der Waals surface area contributed by atoms with Crippen molar-refractivity contribution in [3.63, 3.8) is 0 Å². The highest BCUT2D eigenvalue weighted by Crippen LogP contribution is 2.16. The lowest BCUT2D eigenvalue weighted by atomic mass is 10.2. The molecule has 1 aromatic carbocycles. The number of nitrogens with zero attached hydrogens (tertiary/aromatic N) is 2. The second kappa shape index (κ2) is 5.58. The third-order valence-electron chi connectivity index (χ3n) is 3.50. The molecule has 19 heavy (non-hydrogen) atoms. The molecule has 1 aliphatic heterocycles. The Morgan fingerprint density at radius 1 is 1.47 bits per heavy atom. The fraction of sp³-hybridized carbons (Fsp3) is 0.429. The number of aromatic nitrogens is 2. The highest BCUT2D eigenvalue weighted by Gasteiger charge is 2.15. The Balaban J connectivity index is 1.87. The lowest BCUT2D eigenvalue weighted by Crippen LogP contribution is -2.23. The molecule has 2 aromatic rings. The minimum absolute atomic E-state index is 0.0431. The molecule has 0 saturated carbocycles. The maximum absolute atomic E-state index is 12.4. The molecule has 1 aliphatic rings. The van der Waals surface area contributed by atoms with E-state index in [0.717, 1.165) is 35.0 Å². The van der Waals surface area contributed by atoms with Gasteiger partial charge in [0.15, 0.2) is 0 Å². The van der Waals surface area contributed by atoms with Crippen LogP contribution in [-0.4, -0.2) is 22.3 Å². The van der Waals surface area contributed by atoms with Gasteiger partial charge >= 0.3 is 0 Å². The van der Waals surface area contributed by atoms with E-state index in [1.807, 2.05) is 18.2 Å². The Morgan fingerprint density at radius 3 is 3.16 bits per heavy atom. The summed E-state index contributed by atoms with van der Waals surface area (Å²) < 4.78 is 8.34. The third-order valence-corrected chi connectivity index (χ3v) is 4.17. The van der Waals surface area contributed by atoms with Gasteiger partial charge in [0.25, 0.3) is 5.56 Å². The summed E-state index contributed by atoms with van der Waals surface area (Å²) in [5, 5.41) is 0.696. The van der Waals surface area contributed by atoms with Crippen molar-refractivity contribution in [3.8, 4) is 0 Å². The van der Waals surface area contributed by atoms with Crippen LogP contribution in [0, 0.1) is 3.57 Å². The molecule has 3 rings (SSSR count). The van der Waals surface area contributed by atoms with Gasteiger partial charge < -0.3 is 4.74 Å². The van der Waals surface area contributed by atoms with E-state index < -0.39 is 0 Å². The highest BCUT2D eigenvalue weighted by atomic mass is 127. The van der Waals surface area contributed by atoms with E-state index in [2.05, 4.69) is 27.6 Å². The van der Waals surface area contributed by atoms with Crippen LogP contribution in [-0.2, 0) is 11.3 Å². The number of fused-ring (bicyclic) bond motifs is 1. The van der Waals surface area contributed by atoms with E-state index in [1.54, 1.807) is 10.9 Å². The second-order valence-electron chi connectivity index (χ2n) is 4.83. The molecule has 0 bridgehead atoms. The molecule has 0 N–H and O–H groups in total. The van der Waals surface area contributed by atoms with Crippen LogP contribution >= 0.6 is 22.6 Å². The second-order valence-corrected chi connectivity index (χ2v) is 6.07. The Morgan fingerprint density at radius 2 is 2.37 bits per heavy atom. The quantitative estimate of drug-likeness (QED) is 0.781. The molecule has 0 aliphatic carbocycles. The molecule has 1 unspecified atom stereocenters. The van der Waals surface area contributed by atoms with Gasteiger partial charge in [0.05, 0.1) is 23.3 Å². The van der Waals surface area contributed by atoms with Crippen LogP contribution in [0.2, 0.25) is 0 Å². The van der Waals surface area contributed by atoms with Crippen molar-refractivity contribution in [1.82, 2.24) is 9.55 Å². The summed E-state index contributed by atoms with van der Waals surface area (Å²) in [7, 11) is 0. The fourth-order valence-electron chi connectivity index (χ4n) is 2.45. The van der Waals surface area contributed by atoms with Crippen LogP contribution in [0.1, 0.15) is 19.3 Å². The van der Waals surface area contributed by atoms with Crippen LogP contribution < -0.4 is 5.56 Å². The predicted molar refractivity (Wildman–Crippen MR) is 82.3 cm³/mol. The van der Waals surface area contributed by atoms with Crippen molar-refractivity contribution in [3.05, 3.63) is 38.5 Å². The van der Waals surface area contributed by atoms with Gasteiger partial charge in [0, 0.05) is 16.7 Å². The molecule has 0 radical (unpaired) electrons. The van der Waals surface area contributed by atoms with Gasteiger partial charge in [0.2, 0.25) is 0 Å². The Hall–Kier alpha value is -0.950. The first kappa shape index (κ1) is 13.1. The van der Waals surface area contributed by atoms with Crippen molar-refractivity contribution in [2.45, 2.75) is 31.9 Å². The molecule has 5 heteroatoms. The first-order valence-electron chi connectivity index (χ1n) is 6.50. The summed E-state index contributed by atoms with van der Waals surface area (Å²) >= 11 is 2.21. The number of halogens is 1. The Bertz CT molecular complexity index is 647. The van der Waals surface area contributed by atoms with Gasteiger partial charge in [-0.25, -0.2) is 4.98 Å². The minimum atomic E-state index is 0.0431. The average molecular weight is 370 g/mol. The molecule has 0 spiro atoms. The lowest BCUT2D eigenvalue weighted by Gasteiger charge is -2.11. The van der Waals surface area contributed by atoms with E-state index in [0.29, 0.717) is 18.0 Å². The average Bonchev–Trinajstić information content (AvgIpc) is 2.92. The van der Waals surface area contributed by atoms with Crippen LogP contribution in [0.15, 0.2) is 29.3 Å². The maximum atomic E-state index is 12.4. The van der Waals surface area contributed by atoms with Gasteiger partial charge in [-0.1, -0.05) is 0 Å². The Labute approximate surface area is 124 Å². The number of benzene rings is 1. The van der Waals surface area contributed by atoms with E-state index in [4.69, 9.17) is 4.74 Å². The fourth-order valence-corrected chi connectivity index (χ4v) is 2.94. The van der Waals surface area contributed by atoms with Crippen LogP contribution in [0.3, 0.4) is 0 Å². The molecular formula is C14H15IN2O2. The van der Waals surface area contributed by atoms with Gasteiger partial charge in [-0.2, -0.15) is 0 Å². The summed E-state index contributed by atoms with van der Waals surface area (Å²) in [6.07, 6.45) is 5.07. The van der Waals surface area contributed by atoms with E-state index in [9.17, 15) is 4.79 Å². The summed E-state index contributed by atoms with van der Waals surface area (Å²) in [6.45, 7) is 1.53. The van der Waals surface area contributed by atoms with E-state index >= 15 is 0 Å². The van der Waals surface area contributed by atoms with Gasteiger partial charge in [-0.15, -0.1) is 0 Å². The summed E-state index contributed by atoms with van der Waals surface area (Å²) in [4.78, 5) is 16.7. The van der Waals surface area contributed by atoms with Crippen molar-refractivity contribution in [2.24, 2.45) is 0 Å². The molecule has 0 amide bonds. The van der Waals surface area contributed by atoms with Gasteiger partial charge in [-0.3, -0.25) is 9.36 Å². The lowest BCUT2D eigenvalue weighted by molar-refractivity contribution is 0.100. The summed E-state index contributed by atoms with van der Waals surface area (Å²) in [6, 6.07) is 5.75. The number of rotatable bonds is 3. The molecule has 1 saturated heterocycles. The largest absolute Gasteiger partial charge is 0.378 e. The number of hydrogen-bond acceptors (Lipinski definition) is 3. The zero-order chi connectivity index (χ0) is 13.2. The molecule has 2 heterocycles. The standard InChI is InChI=1S/C14H15IN2O2/c15-10-3-4-13-12(8-10)14(18)17(9-16-13)6-5-11-2-1-7-19-11/h3-4,8-9,11H,1-2,5-7H2. The maximum Gasteiger partial charge on any atom is 0.261 e. The zero-order valence-corrected chi connectivity index (χ0v) is 12.7. The Kier molecular flexibility index (Phi) is 3.83. The predicted octanol–water partition coefficient (Wildman–Crippen LogP) is 2.57. The van der Waals surface area contributed by atoms with Gasteiger partial charge in [-0.05, 0) is 60.1 Å². The third kappa shape index (κ3) is 2.81. The van der Waals surface area contributed by atoms with E-state index in [-0.39, 0.29) is 5.56 Å². The smallest absolute Gasteiger partial charge is 0.261 e. The van der Waals surface area contributed by atoms with Crippen molar-refractivity contribution in [2.75, 3.05) is 6.61 Å².